The van der Waals surface area contributed by atoms with E-state index in [0.717, 1.165) is 24.8 Å². The molecule has 3 aliphatic rings. The lowest BCUT2D eigenvalue weighted by Gasteiger charge is -2.71. The predicted octanol–water partition coefficient (Wildman–Crippen LogP) is 1.76. The summed E-state index contributed by atoms with van der Waals surface area (Å²) >= 11 is 0. The molecule has 0 aromatic carbocycles. The fraction of sp³-hybridized carbons (Fsp3) is 0.650. The van der Waals surface area contributed by atoms with Crippen molar-refractivity contribution in [1.82, 2.24) is 15.6 Å². The highest BCUT2D eigenvalue weighted by atomic mass is 16.6. The first-order valence-electron chi connectivity index (χ1n) is 9.50. The number of pyridine rings is 1. The maximum atomic E-state index is 12.2. The van der Waals surface area contributed by atoms with Gasteiger partial charge in [0.2, 0.25) is 5.91 Å². The molecule has 148 valence electrons. The van der Waals surface area contributed by atoms with Gasteiger partial charge in [0.1, 0.15) is 5.60 Å². The van der Waals surface area contributed by atoms with Gasteiger partial charge in [-0.05, 0) is 68.9 Å². The number of carbonyl (C=O) groups excluding carboxylic acids is 2. The summed E-state index contributed by atoms with van der Waals surface area (Å²) in [5, 5.41) is 5.87. The second kappa shape index (κ2) is 7.11. The summed E-state index contributed by atoms with van der Waals surface area (Å²) < 4.78 is 5.27. The highest BCUT2D eigenvalue weighted by Crippen LogP contribution is 2.72. The molecule has 4 N–H and O–H groups in total. The van der Waals surface area contributed by atoms with Gasteiger partial charge in [0.15, 0.2) is 0 Å². The van der Waals surface area contributed by atoms with Gasteiger partial charge in [0.05, 0.1) is 6.04 Å². The SMILES string of the molecule is CC(C)(C)OC(=O)NCC12CC(CNC(=O)[C@@H](N)Cc3cccnc3)(C1)C2. The monoisotopic (exact) mass is 374 g/mol. The number of hydrogen-bond donors (Lipinski definition) is 3. The summed E-state index contributed by atoms with van der Waals surface area (Å²) in [5.41, 5.74) is 6.84. The highest BCUT2D eigenvalue weighted by molar-refractivity contribution is 5.81. The number of hydrogen-bond acceptors (Lipinski definition) is 5. The van der Waals surface area contributed by atoms with Gasteiger partial charge in [-0.25, -0.2) is 4.79 Å². The van der Waals surface area contributed by atoms with E-state index in [-0.39, 0.29) is 22.8 Å². The number of amides is 2. The molecule has 1 heterocycles. The van der Waals surface area contributed by atoms with E-state index < -0.39 is 11.6 Å². The highest BCUT2D eigenvalue weighted by Gasteiger charge is 2.67. The Hall–Kier alpha value is -2.15. The molecule has 1 atom stereocenters. The van der Waals surface area contributed by atoms with Gasteiger partial charge in [0.25, 0.3) is 0 Å². The number of rotatable bonds is 7. The zero-order chi connectivity index (χ0) is 19.7. The summed E-state index contributed by atoms with van der Waals surface area (Å²) in [6.45, 7) is 6.84. The van der Waals surface area contributed by atoms with Crippen molar-refractivity contribution in [2.75, 3.05) is 13.1 Å². The van der Waals surface area contributed by atoms with E-state index in [4.69, 9.17) is 10.5 Å². The van der Waals surface area contributed by atoms with Crippen LogP contribution in [-0.2, 0) is 16.0 Å². The summed E-state index contributed by atoms with van der Waals surface area (Å²) in [6.07, 6.45) is 6.61. The lowest BCUT2D eigenvalue weighted by atomic mass is 9.35. The number of alkyl carbamates (subject to hydrolysis) is 1. The van der Waals surface area contributed by atoms with Crippen LogP contribution in [0.25, 0.3) is 0 Å². The standard InChI is InChI=1S/C20H30N4O3/c1-18(2,3)27-17(26)24-13-20-9-19(10-20,11-20)12-23-16(25)15(21)7-14-5-4-6-22-8-14/h4-6,8,15H,7,9-13,21H2,1-3H3,(H,23,25)(H,24,26)/t15-,19?,20?/m0/s1. The van der Waals surface area contributed by atoms with Crippen LogP contribution in [0.5, 0.6) is 0 Å². The number of nitrogens with two attached hydrogens (primary N) is 1. The molecule has 4 rings (SSSR count). The van der Waals surface area contributed by atoms with Crippen LogP contribution in [0.15, 0.2) is 24.5 Å². The third-order valence-corrected chi connectivity index (χ3v) is 5.41. The minimum atomic E-state index is -0.565. The van der Waals surface area contributed by atoms with E-state index in [1.807, 2.05) is 32.9 Å². The number of ether oxygens (including phenoxy) is 1. The van der Waals surface area contributed by atoms with Crippen molar-refractivity contribution in [2.24, 2.45) is 16.6 Å². The number of aromatic nitrogens is 1. The van der Waals surface area contributed by atoms with Crippen molar-refractivity contribution in [2.45, 2.75) is 58.1 Å². The zero-order valence-corrected chi connectivity index (χ0v) is 16.4. The number of nitrogens with one attached hydrogen (secondary N) is 2. The third kappa shape index (κ3) is 4.77. The Labute approximate surface area is 160 Å². The maximum Gasteiger partial charge on any atom is 0.407 e. The van der Waals surface area contributed by atoms with Crippen LogP contribution in [0.2, 0.25) is 0 Å². The molecule has 0 spiro atoms. The minimum absolute atomic E-state index is 0.121. The fourth-order valence-corrected chi connectivity index (χ4v) is 4.45. The summed E-state index contributed by atoms with van der Waals surface area (Å²) in [6, 6.07) is 3.19. The molecule has 0 saturated heterocycles. The quantitative estimate of drug-likeness (QED) is 0.674. The average molecular weight is 374 g/mol. The molecule has 3 aliphatic carbocycles. The van der Waals surface area contributed by atoms with Crippen molar-refractivity contribution in [3.63, 3.8) is 0 Å². The largest absolute Gasteiger partial charge is 0.444 e. The Balaban J connectivity index is 1.35. The van der Waals surface area contributed by atoms with Gasteiger partial charge in [-0.1, -0.05) is 6.07 Å². The second-order valence-corrected chi connectivity index (χ2v) is 9.28. The van der Waals surface area contributed by atoms with Gasteiger partial charge in [-0.2, -0.15) is 0 Å². The van der Waals surface area contributed by atoms with Crippen molar-refractivity contribution < 1.29 is 14.3 Å². The van der Waals surface area contributed by atoms with Crippen molar-refractivity contribution in [3.05, 3.63) is 30.1 Å². The molecule has 7 heteroatoms. The van der Waals surface area contributed by atoms with Crippen molar-refractivity contribution >= 4 is 12.0 Å². The Kier molecular flexibility index (Phi) is 5.16. The number of carbonyl (C=O) groups is 2. The maximum absolute atomic E-state index is 12.2. The second-order valence-electron chi connectivity index (χ2n) is 9.28. The van der Waals surface area contributed by atoms with Crippen LogP contribution < -0.4 is 16.4 Å². The van der Waals surface area contributed by atoms with Crippen LogP contribution >= 0.6 is 0 Å². The normalized spacial score (nSPS) is 27.0. The first-order chi connectivity index (χ1) is 12.6. The van der Waals surface area contributed by atoms with Gasteiger partial charge in [-0.3, -0.25) is 9.78 Å². The zero-order valence-electron chi connectivity index (χ0n) is 16.4. The average Bonchev–Trinajstić information content (AvgIpc) is 2.51. The van der Waals surface area contributed by atoms with E-state index in [2.05, 4.69) is 15.6 Å². The summed E-state index contributed by atoms with van der Waals surface area (Å²) in [7, 11) is 0. The van der Waals surface area contributed by atoms with E-state index in [1.165, 1.54) is 0 Å². The Morgan fingerprint density at radius 1 is 1.22 bits per heavy atom. The molecule has 2 bridgehead atoms. The first-order valence-corrected chi connectivity index (χ1v) is 9.50. The molecular weight excluding hydrogens is 344 g/mol. The molecule has 2 amide bonds. The molecule has 27 heavy (non-hydrogen) atoms. The van der Waals surface area contributed by atoms with E-state index in [9.17, 15) is 9.59 Å². The molecule has 1 aromatic rings. The lowest BCUT2D eigenvalue weighted by molar-refractivity contribution is -0.196. The van der Waals surface area contributed by atoms with Crippen molar-refractivity contribution in [1.29, 1.82) is 0 Å². The Morgan fingerprint density at radius 2 is 1.85 bits per heavy atom. The molecule has 0 radical (unpaired) electrons. The van der Waals surface area contributed by atoms with E-state index >= 15 is 0 Å². The molecule has 3 fully saturated rings. The molecule has 0 unspecified atom stereocenters. The van der Waals surface area contributed by atoms with Crippen LogP contribution in [-0.4, -0.2) is 41.7 Å². The van der Waals surface area contributed by atoms with Gasteiger partial charge < -0.3 is 21.1 Å². The topological polar surface area (TPSA) is 106 Å². The Morgan fingerprint density at radius 3 is 2.41 bits per heavy atom. The molecule has 7 nitrogen and oxygen atoms in total. The summed E-state index contributed by atoms with van der Waals surface area (Å²) in [4.78, 5) is 28.1. The lowest BCUT2D eigenvalue weighted by Crippen LogP contribution is -2.69. The van der Waals surface area contributed by atoms with E-state index in [1.54, 1.807) is 12.4 Å². The van der Waals surface area contributed by atoms with Crippen LogP contribution in [0.1, 0.15) is 45.6 Å². The third-order valence-electron chi connectivity index (χ3n) is 5.41. The minimum Gasteiger partial charge on any atom is -0.444 e. The molecular formula is C20H30N4O3. The van der Waals surface area contributed by atoms with Gasteiger partial charge in [0, 0.05) is 25.5 Å². The first kappa shape index (κ1) is 19.6. The number of nitrogens with zero attached hydrogens (tertiary/aromatic N) is 1. The molecule has 0 aliphatic heterocycles. The van der Waals surface area contributed by atoms with Crippen molar-refractivity contribution in [3.8, 4) is 0 Å². The van der Waals surface area contributed by atoms with Gasteiger partial charge >= 0.3 is 6.09 Å². The van der Waals surface area contributed by atoms with Crippen LogP contribution in [0.4, 0.5) is 4.79 Å². The molecule has 3 saturated carbocycles. The van der Waals surface area contributed by atoms with Crippen LogP contribution in [0, 0.1) is 10.8 Å². The molecule has 1 aromatic heterocycles. The van der Waals surface area contributed by atoms with Gasteiger partial charge in [-0.15, -0.1) is 0 Å². The fourth-order valence-electron chi connectivity index (χ4n) is 4.45. The summed E-state index contributed by atoms with van der Waals surface area (Å²) in [5.74, 6) is -0.121. The predicted molar refractivity (Wildman–Crippen MR) is 102 cm³/mol. The Bertz CT molecular complexity index is 679. The van der Waals surface area contributed by atoms with E-state index in [0.29, 0.717) is 19.5 Å². The smallest absolute Gasteiger partial charge is 0.407 e. The van der Waals surface area contributed by atoms with Crippen LogP contribution in [0.3, 0.4) is 0 Å².